The van der Waals surface area contributed by atoms with Crippen LogP contribution >= 0.6 is 12.4 Å². The van der Waals surface area contributed by atoms with Crippen molar-refractivity contribution in [3.05, 3.63) is 24.3 Å². The summed E-state index contributed by atoms with van der Waals surface area (Å²) in [5.41, 5.74) is 0.747. The maximum atomic E-state index is 12.6. The zero-order valence-corrected chi connectivity index (χ0v) is 17.0. The van der Waals surface area contributed by atoms with Crippen LogP contribution in [0.5, 0.6) is 5.75 Å². The number of aliphatic carboxylic acids is 1. The van der Waals surface area contributed by atoms with E-state index >= 15 is 0 Å². The van der Waals surface area contributed by atoms with Crippen LogP contribution < -0.4 is 10.1 Å². The van der Waals surface area contributed by atoms with Crippen LogP contribution in [0, 0.1) is 0 Å². The molecule has 1 aliphatic heterocycles. The lowest BCUT2D eigenvalue weighted by atomic mass is 10.1. The summed E-state index contributed by atoms with van der Waals surface area (Å²) in [4.78, 5) is 27.5. The highest BCUT2D eigenvalue weighted by atomic mass is 35.5. The maximum Gasteiger partial charge on any atom is 0.317 e. The number of hydrogen-bond donors (Lipinski definition) is 2. The number of carbonyl (C=O) groups is 2. The Hall–Kier alpha value is -1.83. The van der Waals surface area contributed by atoms with Crippen LogP contribution in [0.1, 0.15) is 26.2 Å². The van der Waals surface area contributed by atoms with Gasteiger partial charge in [-0.1, -0.05) is 0 Å². The summed E-state index contributed by atoms with van der Waals surface area (Å²) in [7, 11) is 3.46. The molecule has 2 unspecified atom stereocenters. The monoisotopic (exact) mass is 399 g/mol. The summed E-state index contributed by atoms with van der Waals surface area (Å²) in [6.07, 6.45) is 2.77. The number of halogens is 1. The highest BCUT2D eigenvalue weighted by Crippen LogP contribution is 2.19. The number of benzene rings is 1. The number of likely N-dealkylation sites (N-methyl/N-ethyl adjacent to an activating group) is 1. The summed E-state index contributed by atoms with van der Waals surface area (Å²) in [5.74, 6) is -0.0894. The Balaban J connectivity index is 0.00000364. The molecule has 1 amide bonds. The molecule has 1 aliphatic rings. The van der Waals surface area contributed by atoms with E-state index < -0.39 is 5.97 Å². The van der Waals surface area contributed by atoms with Crippen molar-refractivity contribution in [3.8, 4) is 5.75 Å². The first-order valence-electron chi connectivity index (χ1n) is 9.01. The van der Waals surface area contributed by atoms with Crippen molar-refractivity contribution in [2.45, 2.75) is 38.3 Å². The minimum Gasteiger partial charge on any atom is -0.497 e. The number of ether oxygens (including phenoxy) is 1. The molecule has 0 radical (unpaired) electrons. The molecular weight excluding hydrogens is 370 g/mol. The van der Waals surface area contributed by atoms with E-state index in [0.29, 0.717) is 0 Å². The van der Waals surface area contributed by atoms with E-state index in [2.05, 4.69) is 10.2 Å². The van der Waals surface area contributed by atoms with Gasteiger partial charge in [-0.2, -0.15) is 0 Å². The van der Waals surface area contributed by atoms with Gasteiger partial charge in [0.2, 0.25) is 5.91 Å². The number of nitrogens with one attached hydrogen (secondary N) is 1. The van der Waals surface area contributed by atoms with E-state index in [0.717, 1.165) is 43.8 Å². The predicted octanol–water partition coefficient (Wildman–Crippen LogP) is 2.31. The quantitative estimate of drug-likeness (QED) is 0.732. The first-order valence-corrected chi connectivity index (χ1v) is 9.01. The minimum atomic E-state index is -0.805. The first kappa shape index (κ1) is 23.2. The molecule has 1 fully saturated rings. The maximum absolute atomic E-state index is 12.6. The average Bonchev–Trinajstić information content (AvgIpc) is 2.87. The van der Waals surface area contributed by atoms with Gasteiger partial charge in [-0.3, -0.25) is 19.4 Å². The highest BCUT2D eigenvalue weighted by molar-refractivity contribution is 5.94. The molecule has 0 aromatic heterocycles. The van der Waals surface area contributed by atoms with E-state index in [1.165, 1.54) is 0 Å². The van der Waals surface area contributed by atoms with Crippen molar-refractivity contribution in [1.29, 1.82) is 0 Å². The van der Waals surface area contributed by atoms with Crippen molar-refractivity contribution in [3.63, 3.8) is 0 Å². The smallest absolute Gasteiger partial charge is 0.317 e. The molecule has 0 aliphatic carbocycles. The zero-order valence-electron chi connectivity index (χ0n) is 16.2. The number of amides is 1. The second-order valence-corrected chi connectivity index (χ2v) is 6.82. The van der Waals surface area contributed by atoms with E-state index in [1.54, 1.807) is 7.11 Å². The van der Waals surface area contributed by atoms with Gasteiger partial charge >= 0.3 is 5.97 Å². The van der Waals surface area contributed by atoms with Gasteiger partial charge in [-0.25, -0.2) is 0 Å². The third-order valence-corrected chi connectivity index (χ3v) is 5.02. The Morgan fingerprint density at radius 2 is 1.96 bits per heavy atom. The van der Waals surface area contributed by atoms with Crippen LogP contribution in [-0.2, 0) is 9.59 Å². The molecule has 1 heterocycles. The number of nitrogens with zero attached hydrogens (tertiary/aromatic N) is 2. The zero-order chi connectivity index (χ0) is 19.1. The molecule has 27 heavy (non-hydrogen) atoms. The highest BCUT2D eigenvalue weighted by Gasteiger charge is 2.26. The Bertz CT molecular complexity index is 611. The van der Waals surface area contributed by atoms with Gasteiger partial charge in [0.1, 0.15) is 5.75 Å². The lowest BCUT2D eigenvalue weighted by Crippen LogP contribution is -2.43. The Kier molecular flexibility index (Phi) is 9.55. The van der Waals surface area contributed by atoms with Gasteiger partial charge in [0, 0.05) is 18.3 Å². The number of anilines is 1. The standard InChI is InChI=1S/C19H29N3O4.ClH/c1-14(19(25)20-15-6-8-17(26-3)9-7-15)22-11-4-5-16(10-12-22)21(2)13-18(23)24;/h6-9,14,16H,4-5,10-13H2,1-3H3,(H,20,25)(H,23,24);1H. The Morgan fingerprint density at radius 3 is 2.56 bits per heavy atom. The summed E-state index contributed by atoms with van der Waals surface area (Å²) in [6, 6.07) is 7.28. The SMILES string of the molecule is COc1ccc(NC(=O)C(C)N2CCCC(N(C)CC(=O)O)CC2)cc1.Cl. The van der Waals surface area contributed by atoms with Crippen LogP contribution in [-0.4, -0.2) is 72.7 Å². The summed E-state index contributed by atoms with van der Waals surface area (Å²) in [6.45, 7) is 3.60. The van der Waals surface area contributed by atoms with E-state index in [9.17, 15) is 9.59 Å². The third-order valence-electron chi connectivity index (χ3n) is 5.02. The van der Waals surface area contributed by atoms with Crippen LogP contribution in [0.2, 0.25) is 0 Å². The molecule has 1 saturated heterocycles. The Labute approximate surface area is 167 Å². The predicted molar refractivity (Wildman–Crippen MR) is 108 cm³/mol. The number of methoxy groups -OCH3 is 1. The number of rotatable bonds is 7. The van der Waals surface area contributed by atoms with Crippen LogP contribution in [0.25, 0.3) is 0 Å². The van der Waals surface area contributed by atoms with E-state index in [1.807, 2.05) is 43.1 Å². The lowest BCUT2D eigenvalue weighted by molar-refractivity contribution is -0.138. The third kappa shape index (κ3) is 7.01. The van der Waals surface area contributed by atoms with Gasteiger partial charge in [-0.05, 0) is 64.0 Å². The lowest BCUT2D eigenvalue weighted by Gasteiger charge is -2.28. The summed E-state index contributed by atoms with van der Waals surface area (Å²) in [5, 5.41) is 11.9. The number of carboxylic acid groups (broad SMARTS) is 1. The molecule has 2 rings (SSSR count). The molecule has 7 nitrogen and oxygen atoms in total. The van der Waals surface area contributed by atoms with Crippen LogP contribution in [0.4, 0.5) is 5.69 Å². The summed E-state index contributed by atoms with van der Waals surface area (Å²) < 4.78 is 5.12. The van der Waals surface area contributed by atoms with Gasteiger partial charge in [0.25, 0.3) is 0 Å². The molecule has 8 heteroatoms. The first-order chi connectivity index (χ1) is 12.4. The fraction of sp³-hybridized carbons (Fsp3) is 0.579. The molecular formula is C19H30ClN3O4. The second-order valence-electron chi connectivity index (χ2n) is 6.82. The molecule has 0 saturated carbocycles. The largest absolute Gasteiger partial charge is 0.497 e. The van der Waals surface area contributed by atoms with Gasteiger partial charge in [0.05, 0.1) is 19.7 Å². The van der Waals surface area contributed by atoms with Crippen molar-refractivity contribution < 1.29 is 19.4 Å². The molecule has 1 aromatic rings. The number of carbonyl (C=O) groups excluding carboxylic acids is 1. The molecule has 2 atom stereocenters. The topological polar surface area (TPSA) is 82.1 Å². The van der Waals surface area contributed by atoms with Crippen LogP contribution in [0.15, 0.2) is 24.3 Å². The normalized spacial score (nSPS) is 18.9. The molecule has 0 spiro atoms. The minimum absolute atomic E-state index is 0. The molecule has 152 valence electrons. The number of carboxylic acids is 1. The average molecular weight is 400 g/mol. The van der Waals surface area contributed by atoms with Crippen molar-refractivity contribution in [2.75, 3.05) is 39.1 Å². The molecule has 2 N–H and O–H groups in total. The van der Waals surface area contributed by atoms with Gasteiger partial charge in [0.15, 0.2) is 0 Å². The van der Waals surface area contributed by atoms with Gasteiger partial charge in [-0.15, -0.1) is 12.4 Å². The van der Waals surface area contributed by atoms with Crippen LogP contribution in [0.3, 0.4) is 0 Å². The number of hydrogen-bond acceptors (Lipinski definition) is 5. The molecule has 0 bridgehead atoms. The van der Waals surface area contributed by atoms with Crippen molar-refractivity contribution in [2.24, 2.45) is 0 Å². The fourth-order valence-corrected chi connectivity index (χ4v) is 3.36. The number of likely N-dealkylation sites (tertiary alicyclic amines) is 1. The van der Waals surface area contributed by atoms with Gasteiger partial charge < -0.3 is 15.2 Å². The Morgan fingerprint density at radius 1 is 1.30 bits per heavy atom. The van der Waals surface area contributed by atoms with E-state index in [-0.39, 0.29) is 36.9 Å². The van der Waals surface area contributed by atoms with Crippen molar-refractivity contribution >= 4 is 30.0 Å². The second kappa shape index (κ2) is 11.1. The molecule has 1 aromatic carbocycles. The van der Waals surface area contributed by atoms with Crippen molar-refractivity contribution in [1.82, 2.24) is 9.80 Å². The summed E-state index contributed by atoms with van der Waals surface area (Å²) >= 11 is 0. The fourth-order valence-electron chi connectivity index (χ4n) is 3.36. The van der Waals surface area contributed by atoms with E-state index in [4.69, 9.17) is 9.84 Å².